The van der Waals surface area contributed by atoms with Crippen LogP contribution in [0.25, 0.3) is 0 Å². The fourth-order valence-corrected chi connectivity index (χ4v) is 3.06. The van der Waals surface area contributed by atoms with Crippen LogP contribution in [0.15, 0.2) is 0 Å². The molecule has 0 saturated carbocycles. The van der Waals surface area contributed by atoms with E-state index in [-0.39, 0.29) is 6.03 Å². The van der Waals surface area contributed by atoms with Gasteiger partial charge in [0.05, 0.1) is 0 Å². The summed E-state index contributed by atoms with van der Waals surface area (Å²) in [4.78, 5) is 16.6. The van der Waals surface area contributed by atoms with Crippen molar-refractivity contribution in [2.75, 3.05) is 39.3 Å². The zero-order chi connectivity index (χ0) is 13.7. The minimum absolute atomic E-state index is 0.157. The number of hydrogen-bond acceptors (Lipinski definition) is 2. The Bertz CT molecular complexity index is 279. The van der Waals surface area contributed by atoms with Crippen molar-refractivity contribution in [1.82, 2.24) is 15.1 Å². The van der Waals surface area contributed by atoms with E-state index in [4.69, 9.17) is 0 Å². The van der Waals surface area contributed by atoms with E-state index < -0.39 is 0 Å². The van der Waals surface area contributed by atoms with Gasteiger partial charge in [-0.2, -0.15) is 0 Å². The van der Waals surface area contributed by atoms with Crippen LogP contribution in [0.1, 0.15) is 39.5 Å². The van der Waals surface area contributed by atoms with E-state index in [0.29, 0.717) is 5.92 Å². The molecule has 2 rings (SSSR count). The van der Waals surface area contributed by atoms with Crippen LogP contribution in [-0.2, 0) is 0 Å². The molecule has 110 valence electrons. The fourth-order valence-electron chi connectivity index (χ4n) is 3.06. The Morgan fingerprint density at radius 2 is 1.74 bits per heavy atom. The average Bonchev–Trinajstić information content (AvgIpc) is 2.46. The van der Waals surface area contributed by atoms with E-state index in [0.717, 1.165) is 44.9 Å². The van der Waals surface area contributed by atoms with Gasteiger partial charge >= 0.3 is 6.03 Å². The SMILES string of the molecule is CCN1CCC(CNC(=O)N2CCC(C)CC2)CC1. The third-order valence-corrected chi connectivity index (χ3v) is 4.77. The first-order valence-corrected chi connectivity index (χ1v) is 7.94. The van der Waals surface area contributed by atoms with E-state index >= 15 is 0 Å². The molecule has 0 aromatic carbocycles. The van der Waals surface area contributed by atoms with Gasteiger partial charge in [-0.3, -0.25) is 0 Å². The van der Waals surface area contributed by atoms with Crippen LogP contribution in [0.2, 0.25) is 0 Å². The maximum Gasteiger partial charge on any atom is 0.317 e. The number of urea groups is 1. The second-order valence-electron chi connectivity index (χ2n) is 6.23. The van der Waals surface area contributed by atoms with E-state index in [9.17, 15) is 4.79 Å². The molecule has 0 bridgehead atoms. The van der Waals surface area contributed by atoms with Crippen molar-refractivity contribution < 1.29 is 4.79 Å². The van der Waals surface area contributed by atoms with Crippen molar-refractivity contribution in [2.24, 2.45) is 11.8 Å². The topological polar surface area (TPSA) is 35.6 Å². The molecule has 2 aliphatic rings. The molecule has 2 fully saturated rings. The van der Waals surface area contributed by atoms with Gasteiger partial charge in [0.15, 0.2) is 0 Å². The zero-order valence-corrected chi connectivity index (χ0v) is 12.5. The lowest BCUT2D eigenvalue weighted by molar-refractivity contribution is 0.163. The Labute approximate surface area is 117 Å². The van der Waals surface area contributed by atoms with Crippen LogP contribution in [0.4, 0.5) is 4.79 Å². The third-order valence-electron chi connectivity index (χ3n) is 4.77. The minimum atomic E-state index is 0.157. The number of carbonyl (C=O) groups is 1. The number of nitrogens with zero attached hydrogens (tertiary/aromatic N) is 2. The Morgan fingerprint density at radius 3 is 2.32 bits per heavy atom. The first-order valence-electron chi connectivity index (χ1n) is 7.94. The molecular formula is C15H29N3O. The quantitative estimate of drug-likeness (QED) is 0.850. The molecule has 0 unspecified atom stereocenters. The summed E-state index contributed by atoms with van der Waals surface area (Å²) in [5.74, 6) is 1.46. The smallest absolute Gasteiger partial charge is 0.317 e. The number of hydrogen-bond donors (Lipinski definition) is 1. The van der Waals surface area contributed by atoms with Gasteiger partial charge < -0.3 is 15.1 Å². The van der Waals surface area contributed by atoms with E-state index in [2.05, 4.69) is 24.1 Å². The Kier molecular flexibility index (Phi) is 5.49. The predicted molar refractivity (Wildman–Crippen MR) is 78.2 cm³/mol. The highest BCUT2D eigenvalue weighted by Gasteiger charge is 2.22. The summed E-state index contributed by atoms with van der Waals surface area (Å²) in [6, 6.07) is 0.157. The molecule has 4 heteroatoms. The lowest BCUT2D eigenvalue weighted by atomic mass is 9.97. The molecular weight excluding hydrogens is 238 g/mol. The van der Waals surface area contributed by atoms with Crippen LogP contribution in [0.5, 0.6) is 0 Å². The Balaban J connectivity index is 1.64. The highest BCUT2D eigenvalue weighted by atomic mass is 16.2. The maximum atomic E-state index is 12.1. The normalized spacial score (nSPS) is 23.6. The number of rotatable bonds is 3. The molecule has 0 aromatic rings. The number of piperidine rings is 2. The van der Waals surface area contributed by atoms with Crippen molar-refractivity contribution in [3.8, 4) is 0 Å². The molecule has 0 spiro atoms. The summed E-state index contributed by atoms with van der Waals surface area (Å²) in [5.41, 5.74) is 0. The largest absolute Gasteiger partial charge is 0.338 e. The molecule has 1 N–H and O–H groups in total. The Morgan fingerprint density at radius 1 is 1.11 bits per heavy atom. The van der Waals surface area contributed by atoms with E-state index in [1.807, 2.05) is 4.90 Å². The van der Waals surface area contributed by atoms with Crippen LogP contribution in [0, 0.1) is 11.8 Å². The van der Waals surface area contributed by atoms with Crippen LogP contribution in [0.3, 0.4) is 0 Å². The molecule has 2 aliphatic heterocycles. The first kappa shape index (κ1) is 14.6. The number of carbonyl (C=O) groups excluding carboxylic acids is 1. The molecule has 2 saturated heterocycles. The van der Waals surface area contributed by atoms with Crippen LogP contribution < -0.4 is 5.32 Å². The second-order valence-corrected chi connectivity index (χ2v) is 6.23. The van der Waals surface area contributed by atoms with E-state index in [1.165, 1.54) is 25.9 Å². The summed E-state index contributed by atoms with van der Waals surface area (Å²) in [5, 5.41) is 3.14. The predicted octanol–water partition coefficient (Wildman–Crippen LogP) is 2.16. The summed E-state index contributed by atoms with van der Waals surface area (Å²) in [6.45, 7) is 10.8. The van der Waals surface area contributed by atoms with Crippen molar-refractivity contribution in [2.45, 2.75) is 39.5 Å². The van der Waals surface area contributed by atoms with Gasteiger partial charge in [-0.1, -0.05) is 13.8 Å². The van der Waals surface area contributed by atoms with Crippen LogP contribution >= 0.6 is 0 Å². The molecule has 0 aliphatic carbocycles. The monoisotopic (exact) mass is 267 g/mol. The summed E-state index contributed by atoms with van der Waals surface area (Å²) in [7, 11) is 0. The second kappa shape index (κ2) is 7.13. The summed E-state index contributed by atoms with van der Waals surface area (Å²) in [6.07, 6.45) is 4.76. The lowest BCUT2D eigenvalue weighted by Gasteiger charge is -2.33. The number of likely N-dealkylation sites (tertiary alicyclic amines) is 2. The third kappa shape index (κ3) is 4.37. The Hall–Kier alpha value is -0.770. The lowest BCUT2D eigenvalue weighted by Crippen LogP contribution is -2.46. The molecule has 4 nitrogen and oxygen atoms in total. The molecule has 0 aromatic heterocycles. The molecule has 0 atom stereocenters. The maximum absolute atomic E-state index is 12.1. The van der Waals surface area contributed by atoms with Crippen molar-refractivity contribution in [3.05, 3.63) is 0 Å². The zero-order valence-electron chi connectivity index (χ0n) is 12.5. The van der Waals surface area contributed by atoms with Gasteiger partial charge in [0.25, 0.3) is 0 Å². The van der Waals surface area contributed by atoms with Gasteiger partial charge in [-0.15, -0.1) is 0 Å². The van der Waals surface area contributed by atoms with Gasteiger partial charge in [0, 0.05) is 19.6 Å². The standard InChI is InChI=1S/C15H29N3O/c1-3-17-8-6-14(7-9-17)12-16-15(19)18-10-4-13(2)5-11-18/h13-14H,3-12H2,1-2H3,(H,16,19). The summed E-state index contributed by atoms with van der Waals surface area (Å²) < 4.78 is 0. The highest BCUT2D eigenvalue weighted by molar-refractivity contribution is 5.74. The van der Waals surface area contributed by atoms with Crippen molar-refractivity contribution >= 4 is 6.03 Å². The van der Waals surface area contributed by atoms with Crippen molar-refractivity contribution in [3.63, 3.8) is 0 Å². The molecule has 2 amide bonds. The van der Waals surface area contributed by atoms with Crippen molar-refractivity contribution in [1.29, 1.82) is 0 Å². The average molecular weight is 267 g/mol. The first-order chi connectivity index (χ1) is 9.19. The highest BCUT2D eigenvalue weighted by Crippen LogP contribution is 2.17. The fraction of sp³-hybridized carbons (Fsp3) is 0.933. The summed E-state index contributed by atoms with van der Waals surface area (Å²) >= 11 is 0. The molecule has 19 heavy (non-hydrogen) atoms. The minimum Gasteiger partial charge on any atom is -0.338 e. The van der Waals surface area contributed by atoms with Gasteiger partial charge in [0.1, 0.15) is 0 Å². The van der Waals surface area contributed by atoms with Gasteiger partial charge in [-0.25, -0.2) is 4.79 Å². The van der Waals surface area contributed by atoms with E-state index in [1.54, 1.807) is 0 Å². The molecule has 0 radical (unpaired) electrons. The number of nitrogens with one attached hydrogen (secondary N) is 1. The number of amides is 2. The van der Waals surface area contributed by atoms with Gasteiger partial charge in [-0.05, 0) is 57.2 Å². The van der Waals surface area contributed by atoms with Gasteiger partial charge in [0.2, 0.25) is 0 Å². The molecule has 2 heterocycles. The van der Waals surface area contributed by atoms with Crippen LogP contribution in [-0.4, -0.2) is 55.1 Å².